The van der Waals surface area contributed by atoms with E-state index >= 15 is 0 Å². The molecular weight excluding hydrogens is 201 g/mol. The number of halogens is 1. The number of rotatable bonds is 3. The molecule has 1 atom stereocenters. The quantitative estimate of drug-likeness (QED) is 0.326. The normalized spacial score (nSPS) is 14.7. The van der Waals surface area contributed by atoms with Gasteiger partial charge in [0.05, 0.1) is 0 Å². The summed E-state index contributed by atoms with van der Waals surface area (Å²) >= 11 is 0.315. The first-order valence-electron chi connectivity index (χ1n) is 2.60. The minimum atomic E-state index is 0.315. The molecule has 1 N–H and O–H groups in total. The van der Waals surface area contributed by atoms with Crippen LogP contribution in [-0.2, 0) is 0 Å². The van der Waals surface area contributed by atoms with Gasteiger partial charge in [-0.15, -0.1) is 0 Å². The summed E-state index contributed by atoms with van der Waals surface area (Å²) in [6.45, 7) is 4.53. The fourth-order valence-electron chi connectivity index (χ4n) is 0.263. The van der Waals surface area contributed by atoms with E-state index in [-0.39, 0.29) is 0 Å². The fraction of sp³-hybridized carbons (Fsp3) is 1.00. The molecule has 0 aliphatic heterocycles. The zero-order chi connectivity index (χ0) is 5.70. The van der Waals surface area contributed by atoms with Crippen molar-refractivity contribution in [2.75, 3.05) is 7.05 Å². The Labute approximate surface area is 56.5 Å². The van der Waals surface area contributed by atoms with Crippen molar-refractivity contribution in [1.82, 2.24) is 3.53 Å². The van der Waals surface area contributed by atoms with Gasteiger partial charge < -0.3 is 0 Å². The Morgan fingerprint density at radius 2 is 2.29 bits per heavy atom. The summed E-state index contributed by atoms with van der Waals surface area (Å²) in [6.07, 6.45) is 1.33. The van der Waals surface area contributed by atoms with Gasteiger partial charge in [-0.3, -0.25) is 0 Å². The van der Waals surface area contributed by atoms with Crippen LogP contribution in [0, 0.1) is 0 Å². The third-order valence-corrected chi connectivity index (χ3v) is 3.42. The summed E-state index contributed by atoms with van der Waals surface area (Å²) in [5.74, 6) is 0. The molecule has 0 unspecified atom stereocenters. The van der Waals surface area contributed by atoms with Crippen LogP contribution in [0.2, 0.25) is 0 Å². The third kappa shape index (κ3) is 4.55. The maximum absolute atomic E-state index is 3.23. The zero-order valence-electron chi connectivity index (χ0n) is 5.16. The average Bonchev–Trinajstić information content (AvgIpc) is 1.68. The predicted octanol–water partition coefficient (Wildman–Crippen LogP) is -1.99. The molecular formula is C5H13IN-. The van der Waals surface area contributed by atoms with E-state index < -0.39 is 0 Å². The monoisotopic (exact) mass is 214 g/mol. The van der Waals surface area contributed by atoms with Gasteiger partial charge >= 0.3 is 56.2 Å². The van der Waals surface area contributed by atoms with Crippen LogP contribution in [-0.4, -0.2) is 11.0 Å². The van der Waals surface area contributed by atoms with Crippen LogP contribution in [0.5, 0.6) is 0 Å². The van der Waals surface area contributed by atoms with Gasteiger partial charge in [-0.25, -0.2) is 0 Å². The van der Waals surface area contributed by atoms with E-state index in [1.807, 2.05) is 7.05 Å². The van der Waals surface area contributed by atoms with E-state index in [0.29, 0.717) is 21.5 Å². The first kappa shape index (κ1) is 7.69. The molecule has 0 radical (unpaired) electrons. The molecule has 0 saturated carbocycles. The van der Waals surface area contributed by atoms with E-state index in [0.717, 1.165) is 3.92 Å². The van der Waals surface area contributed by atoms with E-state index in [1.165, 1.54) is 6.42 Å². The van der Waals surface area contributed by atoms with Gasteiger partial charge in [0.2, 0.25) is 0 Å². The Morgan fingerprint density at radius 1 is 1.71 bits per heavy atom. The second kappa shape index (κ2) is 4.84. The summed E-state index contributed by atoms with van der Waals surface area (Å²) in [5, 5.41) is 0. The van der Waals surface area contributed by atoms with Crippen molar-refractivity contribution in [3.8, 4) is 0 Å². The van der Waals surface area contributed by atoms with Crippen LogP contribution in [0.3, 0.4) is 0 Å². The first-order chi connectivity index (χ1) is 3.31. The molecule has 0 saturated heterocycles. The molecule has 7 heavy (non-hydrogen) atoms. The molecule has 0 aromatic heterocycles. The van der Waals surface area contributed by atoms with Gasteiger partial charge in [-0.05, 0) is 0 Å². The summed E-state index contributed by atoms with van der Waals surface area (Å²) < 4.78 is 4.18. The molecule has 0 rings (SSSR count). The zero-order valence-corrected chi connectivity index (χ0v) is 7.32. The number of nitrogens with one attached hydrogen (secondary N) is 1. The molecule has 0 aromatic rings. The van der Waals surface area contributed by atoms with Crippen molar-refractivity contribution in [3.05, 3.63) is 0 Å². The SMILES string of the molecule is CC[C@@H](C)[I-]NC. The second-order valence-electron chi connectivity index (χ2n) is 1.49. The van der Waals surface area contributed by atoms with E-state index in [2.05, 4.69) is 17.4 Å². The molecule has 0 aromatic carbocycles. The van der Waals surface area contributed by atoms with Crippen LogP contribution >= 0.6 is 0 Å². The summed E-state index contributed by atoms with van der Waals surface area (Å²) in [5.41, 5.74) is 0. The molecule has 1 nitrogen and oxygen atoms in total. The molecule has 0 amide bonds. The topological polar surface area (TPSA) is 12.0 Å². The van der Waals surface area contributed by atoms with Gasteiger partial charge in [0.15, 0.2) is 0 Å². The Bertz CT molecular complexity index is 39.1. The Kier molecular flexibility index (Phi) is 5.32. The van der Waals surface area contributed by atoms with Gasteiger partial charge in [0.25, 0.3) is 0 Å². The van der Waals surface area contributed by atoms with Crippen molar-refractivity contribution in [2.45, 2.75) is 24.2 Å². The van der Waals surface area contributed by atoms with E-state index in [4.69, 9.17) is 0 Å². The Morgan fingerprint density at radius 3 is 2.43 bits per heavy atom. The van der Waals surface area contributed by atoms with Crippen LogP contribution in [0.4, 0.5) is 0 Å². The molecule has 0 fully saturated rings. The summed E-state index contributed by atoms with van der Waals surface area (Å²) in [6, 6.07) is 0. The second-order valence-corrected chi connectivity index (χ2v) is 5.32. The Balaban J connectivity index is 2.83. The van der Waals surface area contributed by atoms with E-state index in [1.54, 1.807) is 0 Å². The van der Waals surface area contributed by atoms with Crippen LogP contribution < -0.4 is 25.0 Å². The van der Waals surface area contributed by atoms with Gasteiger partial charge in [0.1, 0.15) is 0 Å². The molecule has 0 bridgehead atoms. The van der Waals surface area contributed by atoms with Crippen molar-refractivity contribution < 1.29 is 21.5 Å². The van der Waals surface area contributed by atoms with Crippen molar-refractivity contribution in [1.29, 1.82) is 0 Å². The first-order valence-corrected chi connectivity index (χ1v) is 4.92. The number of hydrogen-bond donors (Lipinski definition) is 1. The molecule has 0 aliphatic carbocycles. The van der Waals surface area contributed by atoms with Crippen molar-refractivity contribution in [2.24, 2.45) is 0 Å². The summed E-state index contributed by atoms with van der Waals surface area (Å²) in [7, 11) is 2.04. The number of alkyl halides is 1. The van der Waals surface area contributed by atoms with Gasteiger partial charge in [0, 0.05) is 0 Å². The van der Waals surface area contributed by atoms with Gasteiger partial charge in [-0.1, -0.05) is 0 Å². The molecule has 46 valence electrons. The molecule has 0 spiro atoms. The molecule has 2 heteroatoms. The minimum absolute atomic E-state index is 0.315. The Hall–Kier alpha value is 0.690. The van der Waals surface area contributed by atoms with E-state index in [9.17, 15) is 0 Å². The third-order valence-electron chi connectivity index (χ3n) is 0.858. The van der Waals surface area contributed by atoms with Crippen LogP contribution in [0.15, 0.2) is 0 Å². The maximum atomic E-state index is 3.23. The average molecular weight is 214 g/mol. The predicted molar refractivity (Wildman–Crippen MR) is 28.8 cm³/mol. The van der Waals surface area contributed by atoms with Crippen LogP contribution in [0.25, 0.3) is 0 Å². The van der Waals surface area contributed by atoms with Crippen molar-refractivity contribution >= 4 is 0 Å². The van der Waals surface area contributed by atoms with Crippen LogP contribution in [0.1, 0.15) is 20.3 Å². The fourth-order valence-corrected chi connectivity index (χ4v) is 1.77. The summed E-state index contributed by atoms with van der Waals surface area (Å²) in [4.78, 5) is 0. The molecule has 0 aliphatic rings. The molecule has 0 heterocycles. The van der Waals surface area contributed by atoms with Crippen molar-refractivity contribution in [3.63, 3.8) is 0 Å². The van der Waals surface area contributed by atoms with Gasteiger partial charge in [-0.2, -0.15) is 0 Å². The standard InChI is InChI=1S/C5H13IN/c1-4-5(2)6-7-3/h5,7H,4H2,1-3H3/q-1/t5-/m1/s1. The number of hydrogen-bond acceptors (Lipinski definition) is 1.